The second-order valence-corrected chi connectivity index (χ2v) is 6.87. The van der Waals surface area contributed by atoms with Gasteiger partial charge in [0.25, 0.3) is 0 Å². The van der Waals surface area contributed by atoms with Gasteiger partial charge >= 0.3 is 0 Å². The van der Waals surface area contributed by atoms with Crippen molar-refractivity contribution >= 4 is 16.7 Å². The zero-order valence-corrected chi connectivity index (χ0v) is 15.2. The fourth-order valence-corrected chi connectivity index (χ4v) is 3.72. The van der Waals surface area contributed by atoms with E-state index in [2.05, 4.69) is 22.3 Å². The van der Waals surface area contributed by atoms with Crippen LogP contribution in [-0.4, -0.2) is 33.1 Å². The van der Waals surface area contributed by atoms with E-state index in [1.165, 1.54) is 0 Å². The molecule has 0 saturated carbocycles. The molecular formula is C23H19N3O2. The van der Waals surface area contributed by atoms with Crippen LogP contribution in [0.2, 0.25) is 0 Å². The van der Waals surface area contributed by atoms with E-state index in [9.17, 15) is 5.11 Å². The van der Waals surface area contributed by atoms with Gasteiger partial charge in [0.2, 0.25) is 0 Å². The van der Waals surface area contributed by atoms with Gasteiger partial charge in [0.15, 0.2) is 0 Å². The largest absolute Gasteiger partial charge is 0.392 e. The third-order valence-corrected chi connectivity index (χ3v) is 5.01. The van der Waals surface area contributed by atoms with Crippen molar-refractivity contribution in [1.29, 1.82) is 0 Å². The van der Waals surface area contributed by atoms with Gasteiger partial charge in [-0.15, -0.1) is 0 Å². The molecule has 1 aliphatic carbocycles. The number of fused-ring (bicyclic) bond motifs is 4. The Labute approximate surface area is 162 Å². The van der Waals surface area contributed by atoms with Crippen molar-refractivity contribution in [2.45, 2.75) is 12.6 Å². The second kappa shape index (κ2) is 6.94. The van der Waals surface area contributed by atoms with Gasteiger partial charge in [-0.3, -0.25) is 0 Å². The quantitative estimate of drug-likeness (QED) is 0.479. The Bertz CT molecular complexity index is 1130. The van der Waals surface area contributed by atoms with E-state index in [4.69, 9.17) is 4.84 Å². The third kappa shape index (κ3) is 2.86. The van der Waals surface area contributed by atoms with Crippen molar-refractivity contribution in [3.63, 3.8) is 0 Å². The third-order valence-electron chi connectivity index (χ3n) is 5.01. The summed E-state index contributed by atoms with van der Waals surface area (Å²) in [5.74, 6) is 0. The fourth-order valence-electron chi connectivity index (χ4n) is 3.72. The zero-order valence-electron chi connectivity index (χ0n) is 15.2. The molecule has 0 aliphatic heterocycles. The van der Waals surface area contributed by atoms with E-state index in [1.54, 1.807) is 6.33 Å². The molecule has 1 heterocycles. The van der Waals surface area contributed by atoms with Gasteiger partial charge in [-0.05, 0) is 23.3 Å². The number of benzene rings is 3. The number of aliphatic hydroxyl groups excluding tert-OH is 1. The average molecular weight is 369 g/mol. The summed E-state index contributed by atoms with van der Waals surface area (Å²) in [6.45, 7) is 0.513. The molecule has 0 radical (unpaired) electrons. The molecule has 1 atom stereocenters. The summed E-state index contributed by atoms with van der Waals surface area (Å²) in [5, 5.41) is 14.8. The number of para-hydroxylation sites is 2. The molecule has 1 N–H and O–H groups in total. The monoisotopic (exact) mass is 369 g/mol. The van der Waals surface area contributed by atoms with E-state index in [1.807, 2.05) is 65.2 Å². The number of hydrogen-bond acceptors (Lipinski definition) is 4. The first-order valence-corrected chi connectivity index (χ1v) is 9.28. The summed E-state index contributed by atoms with van der Waals surface area (Å²) in [4.78, 5) is 9.91. The minimum Gasteiger partial charge on any atom is -0.392 e. The molecular weight excluding hydrogens is 350 g/mol. The van der Waals surface area contributed by atoms with Gasteiger partial charge in [-0.2, -0.15) is 0 Å². The highest BCUT2D eigenvalue weighted by molar-refractivity contribution is 6.24. The van der Waals surface area contributed by atoms with Crippen LogP contribution in [0.25, 0.3) is 22.2 Å². The Balaban J connectivity index is 1.33. The SMILES string of the molecule is OC(CON=C1c2ccccc2-c2ccccc21)Cn1cnc2ccccc21. The van der Waals surface area contributed by atoms with Crippen LogP contribution in [0, 0.1) is 0 Å². The van der Waals surface area contributed by atoms with Gasteiger partial charge in [-0.25, -0.2) is 4.98 Å². The fraction of sp³-hybridized carbons (Fsp3) is 0.130. The van der Waals surface area contributed by atoms with E-state index < -0.39 is 6.10 Å². The van der Waals surface area contributed by atoms with Gasteiger partial charge in [0.1, 0.15) is 18.4 Å². The first-order valence-electron chi connectivity index (χ1n) is 9.28. The molecule has 0 fully saturated rings. The van der Waals surface area contributed by atoms with E-state index >= 15 is 0 Å². The van der Waals surface area contributed by atoms with Crippen LogP contribution < -0.4 is 0 Å². The highest BCUT2D eigenvalue weighted by atomic mass is 16.6. The van der Waals surface area contributed by atoms with Crippen LogP contribution in [0.4, 0.5) is 0 Å². The minimum atomic E-state index is -0.686. The highest BCUT2D eigenvalue weighted by Crippen LogP contribution is 2.36. The molecule has 5 heteroatoms. The Morgan fingerprint density at radius 2 is 1.46 bits per heavy atom. The van der Waals surface area contributed by atoms with E-state index in [0.29, 0.717) is 6.54 Å². The smallest absolute Gasteiger partial charge is 0.144 e. The van der Waals surface area contributed by atoms with Crippen molar-refractivity contribution in [2.75, 3.05) is 6.61 Å². The first kappa shape index (κ1) is 16.7. The summed E-state index contributed by atoms with van der Waals surface area (Å²) in [5.41, 5.74) is 7.14. The Morgan fingerprint density at radius 3 is 2.18 bits per heavy atom. The Kier molecular flexibility index (Phi) is 4.14. The van der Waals surface area contributed by atoms with Crippen LogP contribution in [0.15, 0.2) is 84.3 Å². The molecule has 0 saturated heterocycles. The van der Waals surface area contributed by atoms with Crippen LogP contribution in [0.5, 0.6) is 0 Å². The summed E-state index contributed by atoms with van der Waals surface area (Å²) in [6, 6.07) is 24.2. The lowest BCUT2D eigenvalue weighted by Crippen LogP contribution is -2.20. The molecule has 138 valence electrons. The normalized spacial score (nSPS) is 13.2. The second-order valence-electron chi connectivity index (χ2n) is 6.87. The number of oxime groups is 1. The van der Waals surface area contributed by atoms with Crippen molar-refractivity contribution in [1.82, 2.24) is 9.55 Å². The van der Waals surface area contributed by atoms with Gasteiger partial charge in [0, 0.05) is 11.1 Å². The number of hydrogen-bond donors (Lipinski definition) is 1. The van der Waals surface area contributed by atoms with Crippen molar-refractivity contribution in [3.8, 4) is 11.1 Å². The molecule has 5 nitrogen and oxygen atoms in total. The maximum absolute atomic E-state index is 10.4. The number of nitrogens with zero attached hydrogens (tertiary/aromatic N) is 3. The number of rotatable bonds is 5. The average Bonchev–Trinajstić information content (AvgIpc) is 3.28. The Morgan fingerprint density at radius 1 is 0.857 bits per heavy atom. The predicted octanol–water partition coefficient (Wildman–Crippen LogP) is 3.85. The molecule has 4 aromatic rings. The van der Waals surface area contributed by atoms with Crippen molar-refractivity contribution in [2.24, 2.45) is 5.16 Å². The lowest BCUT2D eigenvalue weighted by molar-refractivity contribution is 0.0318. The lowest BCUT2D eigenvalue weighted by Gasteiger charge is -2.11. The van der Waals surface area contributed by atoms with Gasteiger partial charge in [-0.1, -0.05) is 65.8 Å². The van der Waals surface area contributed by atoms with Crippen molar-refractivity contribution < 1.29 is 9.94 Å². The molecule has 28 heavy (non-hydrogen) atoms. The summed E-state index contributed by atoms with van der Waals surface area (Å²) in [7, 11) is 0. The summed E-state index contributed by atoms with van der Waals surface area (Å²) >= 11 is 0. The highest BCUT2D eigenvalue weighted by Gasteiger charge is 2.24. The minimum absolute atomic E-state index is 0.111. The van der Waals surface area contributed by atoms with Gasteiger partial charge in [0.05, 0.1) is 23.9 Å². The van der Waals surface area contributed by atoms with Crippen LogP contribution in [0.3, 0.4) is 0 Å². The first-order chi connectivity index (χ1) is 13.8. The number of aliphatic hydroxyl groups is 1. The number of imidazole rings is 1. The molecule has 0 bridgehead atoms. The maximum Gasteiger partial charge on any atom is 0.144 e. The molecule has 3 aromatic carbocycles. The zero-order chi connectivity index (χ0) is 18.9. The predicted molar refractivity (Wildman–Crippen MR) is 109 cm³/mol. The standard InChI is InChI=1S/C23H19N3O2/c27-16(13-26-15-24-21-11-5-6-12-22(21)26)14-28-25-23-19-9-3-1-7-17(19)18-8-2-4-10-20(18)23/h1-12,15-16,27H,13-14H2. The topological polar surface area (TPSA) is 59.6 Å². The van der Waals surface area contributed by atoms with E-state index in [-0.39, 0.29) is 6.61 Å². The van der Waals surface area contributed by atoms with Crippen molar-refractivity contribution in [3.05, 3.63) is 90.3 Å². The van der Waals surface area contributed by atoms with Gasteiger partial charge < -0.3 is 14.5 Å². The molecule has 1 aromatic heterocycles. The summed E-state index contributed by atoms with van der Waals surface area (Å²) < 4.78 is 1.93. The molecule has 5 rings (SSSR count). The van der Waals surface area contributed by atoms with Crippen LogP contribution >= 0.6 is 0 Å². The molecule has 1 aliphatic rings. The van der Waals surface area contributed by atoms with Crippen LogP contribution in [-0.2, 0) is 11.4 Å². The maximum atomic E-state index is 10.4. The molecule has 0 amide bonds. The van der Waals surface area contributed by atoms with Crippen LogP contribution in [0.1, 0.15) is 11.1 Å². The van der Waals surface area contributed by atoms with E-state index in [0.717, 1.165) is 39.0 Å². The number of aromatic nitrogens is 2. The Hall–Kier alpha value is -3.44. The molecule has 0 spiro atoms. The molecule has 1 unspecified atom stereocenters. The summed E-state index contributed by atoms with van der Waals surface area (Å²) in [6.07, 6.45) is 1.05. The lowest BCUT2D eigenvalue weighted by atomic mass is 10.1.